The molecule has 0 spiro atoms. The Hall–Kier alpha value is -3.23. The van der Waals surface area contributed by atoms with Crippen LogP contribution in [0.15, 0.2) is 54.9 Å². The van der Waals surface area contributed by atoms with Gasteiger partial charge in [-0.25, -0.2) is 5.43 Å². The number of nitrogens with zero attached hydrogens (tertiary/aromatic N) is 2. The number of fused-ring (bicyclic) bond motifs is 2. The molecule has 0 aliphatic carbocycles. The van der Waals surface area contributed by atoms with Crippen LogP contribution in [0.4, 0.5) is 0 Å². The fourth-order valence-corrected chi connectivity index (χ4v) is 4.05. The van der Waals surface area contributed by atoms with Crippen molar-refractivity contribution in [1.29, 1.82) is 0 Å². The van der Waals surface area contributed by atoms with E-state index in [0.29, 0.717) is 23.7 Å². The van der Waals surface area contributed by atoms with Gasteiger partial charge < -0.3 is 24.7 Å². The number of halogens is 1. The number of nitrogens with one attached hydrogen (secondary N) is 2. The molecular weight excluding hydrogens is 420 g/mol. The largest absolute Gasteiger partial charge is 0.454 e. The number of rotatable bonds is 5. The lowest BCUT2D eigenvalue weighted by molar-refractivity contribution is -0.138. The summed E-state index contributed by atoms with van der Waals surface area (Å²) in [5.41, 5.74) is 5.31. The van der Waals surface area contributed by atoms with Crippen molar-refractivity contribution in [3.63, 3.8) is 0 Å². The molecule has 2 atom stereocenters. The van der Waals surface area contributed by atoms with Gasteiger partial charge in [-0.2, -0.15) is 0 Å². The molecule has 160 valence electrons. The van der Waals surface area contributed by atoms with E-state index in [0.717, 1.165) is 16.9 Å². The van der Waals surface area contributed by atoms with Crippen molar-refractivity contribution < 1.29 is 19.1 Å². The summed E-state index contributed by atoms with van der Waals surface area (Å²) in [6, 6.07) is 12.6. The van der Waals surface area contributed by atoms with E-state index in [2.05, 4.69) is 10.7 Å². The highest BCUT2D eigenvalue weighted by Gasteiger charge is 2.40. The second-order valence-electron chi connectivity index (χ2n) is 7.62. The number of carbonyl (C=O) groups excluding carboxylic acids is 2. The molecule has 5 rings (SSSR count). The monoisotopic (exact) mass is 440 g/mol. The standard InChI is InChI=1S/C22H21ClN4O4/c23-16-4-1-14(2-5-16)11-24-21(28)12-26-7-8-27-18(22(26)29)10-17(25-27)15-3-6-19-20(9-15)31-13-30-19/h1-9,17-18,25H,10-13H2,(H,24,28). The Morgan fingerprint density at radius 1 is 1.13 bits per heavy atom. The minimum atomic E-state index is -0.371. The van der Waals surface area contributed by atoms with Crippen molar-refractivity contribution in [2.45, 2.75) is 25.0 Å². The predicted molar refractivity (Wildman–Crippen MR) is 113 cm³/mol. The van der Waals surface area contributed by atoms with Crippen LogP contribution in [-0.2, 0) is 16.1 Å². The second-order valence-corrected chi connectivity index (χ2v) is 8.06. The average molecular weight is 441 g/mol. The van der Waals surface area contributed by atoms with Gasteiger partial charge in [-0.05, 0) is 41.8 Å². The number of benzene rings is 2. The van der Waals surface area contributed by atoms with Crippen LogP contribution in [0.5, 0.6) is 11.5 Å². The average Bonchev–Trinajstić information content (AvgIpc) is 3.42. The molecule has 1 saturated heterocycles. The van der Waals surface area contributed by atoms with Crippen molar-refractivity contribution in [2.24, 2.45) is 0 Å². The first-order chi connectivity index (χ1) is 15.1. The molecule has 3 aliphatic rings. The third-order valence-electron chi connectivity index (χ3n) is 5.59. The number of carbonyl (C=O) groups is 2. The maximum Gasteiger partial charge on any atom is 0.251 e. The van der Waals surface area contributed by atoms with Crippen LogP contribution in [0, 0.1) is 0 Å². The minimum absolute atomic E-state index is 0.0258. The van der Waals surface area contributed by atoms with E-state index < -0.39 is 0 Å². The van der Waals surface area contributed by atoms with Gasteiger partial charge >= 0.3 is 0 Å². The molecule has 0 aromatic heterocycles. The van der Waals surface area contributed by atoms with Gasteiger partial charge in [-0.3, -0.25) is 9.59 Å². The Kier molecular flexibility index (Phi) is 5.17. The summed E-state index contributed by atoms with van der Waals surface area (Å²) >= 11 is 5.88. The molecule has 0 radical (unpaired) electrons. The number of hydrogen-bond acceptors (Lipinski definition) is 6. The zero-order chi connectivity index (χ0) is 21.4. The van der Waals surface area contributed by atoms with E-state index in [-0.39, 0.29) is 37.2 Å². The summed E-state index contributed by atoms with van der Waals surface area (Å²) in [4.78, 5) is 26.8. The number of hydrogen-bond donors (Lipinski definition) is 2. The van der Waals surface area contributed by atoms with Gasteiger partial charge in [0.2, 0.25) is 12.7 Å². The first kappa shape index (κ1) is 19.7. The second kappa shape index (κ2) is 8.13. The van der Waals surface area contributed by atoms with Gasteiger partial charge in [0, 0.05) is 24.0 Å². The van der Waals surface area contributed by atoms with Crippen LogP contribution in [0.2, 0.25) is 5.02 Å². The Morgan fingerprint density at radius 2 is 1.94 bits per heavy atom. The van der Waals surface area contributed by atoms with Crippen molar-refractivity contribution in [1.82, 2.24) is 20.7 Å². The molecule has 0 saturated carbocycles. The van der Waals surface area contributed by atoms with E-state index in [1.165, 1.54) is 4.90 Å². The lowest BCUT2D eigenvalue weighted by Crippen LogP contribution is -2.50. The summed E-state index contributed by atoms with van der Waals surface area (Å²) in [5.74, 6) is 1.11. The first-order valence-corrected chi connectivity index (χ1v) is 10.4. The van der Waals surface area contributed by atoms with Gasteiger partial charge in [0.15, 0.2) is 11.5 Å². The van der Waals surface area contributed by atoms with E-state index >= 15 is 0 Å². The molecule has 2 N–H and O–H groups in total. The molecule has 0 bridgehead atoms. The summed E-state index contributed by atoms with van der Waals surface area (Å²) in [6.45, 7) is 0.578. The molecule has 3 aliphatic heterocycles. The maximum absolute atomic E-state index is 13.0. The van der Waals surface area contributed by atoms with Gasteiger partial charge in [0.05, 0.1) is 6.04 Å². The lowest BCUT2D eigenvalue weighted by atomic mass is 10.0. The highest BCUT2D eigenvalue weighted by Crippen LogP contribution is 2.37. The van der Waals surface area contributed by atoms with Gasteiger partial charge in [-0.1, -0.05) is 29.8 Å². The van der Waals surface area contributed by atoms with Gasteiger partial charge in [0.25, 0.3) is 5.91 Å². The molecule has 2 amide bonds. The Balaban J connectivity index is 1.19. The summed E-state index contributed by atoms with van der Waals surface area (Å²) < 4.78 is 10.8. The predicted octanol–water partition coefficient (Wildman–Crippen LogP) is 2.32. The molecule has 2 aromatic carbocycles. The third kappa shape index (κ3) is 4.04. The van der Waals surface area contributed by atoms with Crippen molar-refractivity contribution >= 4 is 23.4 Å². The fourth-order valence-electron chi connectivity index (χ4n) is 3.93. The van der Waals surface area contributed by atoms with Crippen molar-refractivity contribution in [2.75, 3.05) is 13.3 Å². The van der Waals surface area contributed by atoms with Gasteiger partial charge in [-0.15, -0.1) is 0 Å². The van der Waals surface area contributed by atoms with E-state index in [4.69, 9.17) is 21.1 Å². The van der Waals surface area contributed by atoms with Crippen LogP contribution in [-0.4, -0.2) is 41.1 Å². The topological polar surface area (TPSA) is 83.1 Å². The van der Waals surface area contributed by atoms with Crippen LogP contribution in [0.1, 0.15) is 23.6 Å². The minimum Gasteiger partial charge on any atom is -0.454 e. The lowest BCUT2D eigenvalue weighted by Gasteiger charge is -2.31. The van der Waals surface area contributed by atoms with Crippen LogP contribution < -0.4 is 20.2 Å². The third-order valence-corrected chi connectivity index (χ3v) is 5.84. The molecule has 9 heteroatoms. The SMILES string of the molecule is O=C(CN1C=CN2NC(c3ccc4c(c3)OCO4)CC2C1=O)NCc1ccc(Cl)cc1. The summed E-state index contributed by atoms with van der Waals surface area (Å²) in [5, 5.41) is 5.29. The zero-order valence-corrected chi connectivity index (χ0v) is 17.3. The fraction of sp³-hybridized carbons (Fsp3) is 0.273. The van der Waals surface area contributed by atoms with Crippen LogP contribution in [0.25, 0.3) is 0 Å². The summed E-state index contributed by atoms with van der Waals surface area (Å²) in [7, 11) is 0. The molecule has 3 heterocycles. The quantitative estimate of drug-likeness (QED) is 0.742. The number of amides is 2. The van der Waals surface area contributed by atoms with Crippen LogP contribution in [0.3, 0.4) is 0 Å². The van der Waals surface area contributed by atoms with Crippen molar-refractivity contribution in [3.05, 3.63) is 71.0 Å². The molecule has 31 heavy (non-hydrogen) atoms. The molecular formula is C22H21ClN4O4. The number of ether oxygens (including phenoxy) is 2. The highest BCUT2D eigenvalue weighted by atomic mass is 35.5. The molecule has 1 fully saturated rings. The molecule has 8 nitrogen and oxygen atoms in total. The normalized spacial score (nSPS) is 21.4. The highest BCUT2D eigenvalue weighted by molar-refractivity contribution is 6.30. The smallest absolute Gasteiger partial charge is 0.251 e. The molecule has 2 aromatic rings. The van der Waals surface area contributed by atoms with Crippen molar-refractivity contribution in [3.8, 4) is 11.5 Å². The van der Waals surface area contributed by atoms with E-state index in [1.54, 1.807) is 29.5 Å². The van der Waals surface area contributed by atoms with Gasteiger partial charge in [0.1, 0.15) is 12.6 Å². The Bertz CT molecular complexity index is 1040. The van der Waals surface area contributed by atoms with E-state index in [9.17, 15) is 9.59 Å². The molecule has 2 unspecified atom stereocenters. The van der Waals surface area contributed by atoms with Crippen LogP contribution >= 0.6 is 11.6 Å². The van der Waals surface area contributed by atoms with E-state index in [1.807, 2.05) is 30.3 Å². The number of hydrazine groups is 1. The Morgan fingerprint density at radius 3 is 2.77 bits per heavy atom. The zero-order valence-electron chi connectivity index (χ0n) is 16.6. The first-order valence-electron chi connectivity index (χ1n) is 10.0. The summed E-state index contributed by atoms with van der Waals surface area (Å²) in [6.07, 6.45) is 4.02. The Labute approximate surface area is 184 Å². The maximum atomic E-state index is 13.0.